The van der Waals surface area contributed by atoms with E-state index in [1.807, 2.05) is 6.07 Å². The maximum atomic E-state index is 13.1. The van der Waals surface area contributed by atoms with E-state index in [1.54, 1.807) is 17.8 Å². The van der Waals surface area contributed by atoms with Crippen LogP contribution in [-0.4, -0.2) is 32.9 Å². The molecule has 6 heteroatoms. The smallest absolute Gasteiger partial charge is 0.233 e. The van der Waals surface area contributed by atoms with Crippen molar-refractivity contribution in [2.75, 3.05) is 11.5 Å². The molecule has 0 amide bonds. The van der Waals surface area contributed by atoms with E-state index in [2.05, 4.69) is 10.1 Å². The van der Waals surface area contributed by atoms with Gasteiger partial charge in [-0.25, -0.2) is 4.39 Å². The fourth-order valence-corrected chi connectivity index (χ4v) is 3.33. The van der Waals surface area contributed by atoms with Crippen LogP contribution in [0.15, 0.2) is 28.8 Å². The maximum Gasteiger partial charge on any atom is 0.233 e. The minimum absolute atomic E-state index is 0.0845. The van der Waals surface area contributed by atoms with Gasteiger partial charge < -0.3 is 9.63 Å². The van der Waals surface area contributed by atoms with Gasteiger partial charge in [-0.15, -0.1) is 0 Å². The van der Waals surface area contributed by atoms with E-state index < -0.39 is 6.10 Å². The second-order valence-corrected chi connectivity index (χ2v) is 5.64. The summed E-state index contributed by atoms with van der Waals surface area (Å²) in [6.07, 6.45) is 0.00416. The summed E-state index contributed by atoms with van der Waals surface area (Å²) in [7, 11) is 0. The van der Waals surface area contributed by atoms with Gasteiger partial charge in [-0.2, -0.15) is 16.7 Å². The number of benzene rings is 1. The number of rotatable bonds is 3. The Balaban J connectivity index is 1.74. The first-order chi connectivity index (χ1) is 9.22. The maximum absolute atomic E-state index is 13.1. The topological polar surface area (TPSA) is 59.2 Å². The Morgan fingerprint density at radius 3 is 3.05 bits per heavy atom. The van der Waals surface area contributed by atoms with Crippen molar-refractivity contribution in [1.29, 1.82) is 0 Å². The lowest BCUT2D eigenvalue weighted by Gasteiger charge is -2.06. The van der Waals surface area contributed by atoms with Crippen molar-refractivity contribution in [1.82, 2.24) is 10.1 Å². The van der Waals surface area contributed by atoms with E-state index in [-0.39, 0.29) is 11.7 Å². The van der Waals surface area contributed by atoms with Crippen molar-refractivity contribution < 1.29 is 14.0 Å². The number of hydrogen-bond acceptors (Lipinski definition) is 5. The quantitative estimate of drug-likeness (QED) is 0.931. The molecule has 0 aliphatic carbocycles. The molecule has 1 aromatic carbocycles. The third-order valence-corrected chi connectivity index (χ3v) is 4.27. The Morgan fingerprint density at radius 2 is 2.32 bits per heavy atom. The van der Waals surface area contributed by atoms with Crippen LogP contribution in [-0.2, 0) is 6.42 Å². The molecular formula is C13H13FN2O2S. The number of aromatic nitrogens is 2. The lowest BCUT2D eigenvalue weighted by atomic mass is 10.1. The zero-order valence-corrected chi connectivity index (χ0v) is 10.9. The molecule has 0 saturated carbocycles. The molecule has 1 aliphatic heterocycles. The Morgan fingerprint density at radius 1 is 1.42 bits per heavy atom. The van der Waals surface area contributed by atoms with Gasteiger partial charge in [-0.3, -0.25) is 0 Å². The minimum Gasteiger partial charge on any atom is -0.391 e. The van der Waals surface area contributed by atoms with Crippen LogP contribution in [0.2, 0.25) is 0 Å². The molecule has 0 radical (unpaired) electrons. The molecule has 1 N–H and O–H groups in total. The number of aliphatic hydroxyl groups excluding tert-OH is 1. The van der Waals surface area contributed by atoms with Gasteiger partial charge in [-0.1, -0.05) is 17.3 Å². The number of hydrogen-bond donors (Lipinski definition) is 1. The van der Waals surface area contributed by atoms with Crippen molar-refractivity contribution in [2.24, 2.45) is 0 Å². The summed E-state index contributed by atoms with van der Waals surface area (Å²) < 4.78 is 18.3. The van der Waals surface area contributed by atoms with Gasteiger partial charge in [0.05, 0.1) is 12.0 Å². The van der Waals surface area contributed by atoms with E-state index in [1.165, 1.54) is 12.1 Å². The van der Waals surface area contributed by atoms with Crippen LogP contribution in [0.4, 0.5) is 4.39 Å². The second kappa shape index (κ2) is 5.30. The van der Waals surface area contributed by atoms with Crippen molar-refractivity contribution in [3.8, 4) is 0 Å². The van der Waals surface area contributed by atoms with Crippen molar-refractivity contribution in [2.45, 2.75) is 18.4 Å². The van der Waals surface area contributed by atoms with Gasteiger partial charge in [0.2, 0.25) is 5.89 Å². The van der Waals surface area contributed by atoms with Crippen molar-refractivity contribution in [3.05, 3.63) is 47.4 Å². The van der Waals surface area contributed by atoms with Crippen LogP contribution in [0, 0.1) is 5.82 Å². The predicted molar refractivity (Wildman–Crippen MR) is 69.6 cm³/mol. The van der Waals surface area contributed by atoms with Crippen molar-refractivity contribution in [3.63, 3.8) is 0 Å². The Kier molecular flexibility index (Phi) is 3.52. The molecule has 100 valence electrons. The molecule has 2 aromatic rings. The molecule has 1 fully saturated rings. The van der Waals surface area contributed by atoms with Gasteiger partial charge in [0.1, 0.15) is 5.82 Å². The third-order valence-electron chi connectivity index (χ3n) is 3.10. The number of thioether (sulfide) groups is 1. The highest BCUT2D eigenvalue weighted by Crippen LogP contribution is 2.31. The predicted octanol–water partition coefficient (Wildman–Crippen LogP) is 1.99. The van der Waals surface area contributed by atoms with E-state index >= 15 is 0 Å². The van der Waals surface area contributed by atoms with Crippen molar-refractivity contribution >= 4 is 11.8 Å². The largest absolute Gasteiger partial charge is 0.391 e. The van der Waals surface area contributed by atoms with E-state index in [0.717, 1.165) is 11.3 Å². The molecule has 1 aromatic heterocycles. The zero-order valence-electron chi connectivity index (χ0n) is 10.1. The third kappa shape index (κ3) is 2.79. The van der Waals surface area contributed by atoms with Gasteiger partial charge >= 0.3 is 0 Å². The van der Waals surface area contributed by atoms with Crippen LogP contribution in [0.1, 0.15) is 23.2 Å². The molecule has 2 atom stereocenters. The Hall–Kier alpha value is -1.40. The molecule has 0 spiro atoms. The van der Waals surface area contributed by atoms with Crippen LogP contribution >= 0.6 is 11.8 Å². The first kappa shape index (κ1) is 12.6. The summed E-state index contributed by atoms with van der Waals surface area (Å²) >= 11 is 1.67. The summed E-state index contributed by atoms with van der Waals surface area (Å²) in [6.45, 7) is 0. The monoisotopic (exact) mass is 280 g/mol. The molecule has 19 heavy (non-hydrogen) atoms. The summed E-state index contributed by atoms with van der Waals surface area (Å²) in [5.74, 6) is 2.13. The van der Waals surface area contributed by atoms with Gasteiger partial charge in [0, 0.05) is 17.9 Å². The molecule has 2 heterocycles. The second-order valence-electron chi connectivity index (χ2n) is 4.57. The van der Waals surface area contributed by atoms with Crippen LogP contribution in [0.25, 0.3) is 0 Å². The molecule has 1 saturated heterocycles. The summed E-state index contributed by atoms with van der Waals surface area (Å²) in [4.78, 5) is 4.29. The molecule has 4 nitrogen and oxygen atoms in total. The summed E-state index contributed by atoms with van der Waals surface area (Å²) in [6, 6.07) is 6.33. The van der Waals surface area contributed by atoms with E-state index in [0.29, 0.717) is 23.9 Å². The highest BCUT2D eigenvalue weighted by molar-refractivity contribution is 7.99. The normalized spacial score (nSPS) is 22.8. The number of nitrogens with zero attached hydrogens (tertiary/aromatic N) is 2. The van der Waals surface area contributed by atoms with Gasteiger partial charge in [0.25, 0.3) is 0 Å². The van der Waals surface area contributed by atoms with Gasteiger partial charge in [0.15, 0.2) is 5.82 Å². The lowest BCUT2D eigenvalue weighted by molar-refractivity contribution is 0.164. The molecular weight excluding hydrogens is 267 g/mol. The van der Waals surface area contributed by atoms with Crippen LogP contribution < -0.4 is 0 Å². The lowest BCUT2D eigenvalue weighted by Crippen LogP contribution is -2.15. The minimum atomic E-state index is -0.424. The van der Waals surface area contributed by atoms with Crippen LogP contribution in [0.3, 0.4) is 0 Å². The molecule has 2 unspecified atom stereocenters. The standard InChI is InChI=1S/C13H13FN2O2S/c14-9-3-1-2-8(4-9)5-12-15-13(18-16-12)10-6-19-7-11(10)17/h1-4,10-11,17H,5-7H2. The summed E-state index contributed by atoms with van der Waals surface area (Å²) in [5, 5.41) is 13.7. The Bertz CT molecular complexity index is 575. The molecule has 1 aliphatic rings. The first-order valence-corrected chi connectivity index (χ1v) is 7.20. The van der Waals surface area contributed by atoms with Gasteiger partial charge in [-0.05, 0) is 17.7 Å². The average molecular weight is 280 g/mol. The highest BCUT2D eigenvalue weighted by atomic mass is 32.2. The number of halogens is 1. The summed E-state index contributed by atoms with van der Waals surface area (Å²) in [5.41, 5.74) is 0.800. The highest BCUT2D eigenvalue weighted by Gasteiger charge is 2.31. The van der Waals surface area contributed by atoms with E-state index in [4.69, 9.17) is 4.52 Å². The molecule has 0 bridgehead atoms. The SMILES string of the molecule is OC1CSCC1c1nc(Cc2cccc(F)c2)no1. The first-order valence-electron chi connectivity index (χ1n) is 6.05. The average Bonchev–Trinajstić information content (AvgIpc) is 2.98. The van der Waals surface area contributed by atoms with E-state index in [9.17, 15) is 9.50 Å². The van der Waals surface area contributed by atoms with Crippen LogP contribution in [0.5, 0.6) is 0 Å². The zero-order chi connectivity index (χ0) is 13.2. The molecule has 3 rings (SSSR count). The fourth-order valence-electron chi connectivity index (χ4n) is 2.10. The fraction of sp³-hybridized carbons (Fsp3) is 0.385. The number of aliphatic hydroxyl groups is 1. The Labute approximate surface area is 114 Å².